The first-order valence-electron chi connectivity index (χ1n) is 2.60. The fourth-order valence-electron chi connectivity index (χ4n) is 0.383. The van der Waals surface area contributed by atoms with E-state index in [4.69, 9.17) is 11.5 Å². The van der Waals surface area contributed by atoms with Crippen molar-refractivity contribution in [1.29, 1.82) is 0 Å². The molecule has 0 rings (SSSR count). The largest absolute Gasteiger partial charge is 0.469 e. The predicted octanol–water partition coefficient (Wildman–Crippen LogP) is -0.817. The van der Waals surface area contributed by atoms with Crippen molar-refractivity contribution in [2.24, 2.45) is 11.5 Å². The van der Waals surface area contributed by atoms with Gasteiger partial charge < -0.3 is 16.2 Å². The molecule has 9 heavy (non-hydrogen) atoms. The Kier molecular flexibility index (Phi) is 2.61. The summed E-state index contributed by atoms with van der Waals surface area (Å²) in [6, 6.07) is 0. The number of methoxy groups -OCH3 is 1. The van der Waals surface area contributed by atoms with E-state index in [0.29, 0.717) is 0 Å². The normalized spacial score (nSPS) is 11.1. The van der Waals surface area contributed by atoms with Crippen LogP contribution in [0.4, 0.5) is 0 Å². The third-order valence-electron chi connectivity index (χ3n) is 0.753. The Hall–Kier alpha value is -0.610. The molecular weight excluding hydrogens is 120 g/mol. The number of carbonyl (C=O) groups is 1. The second kappa shape index (κ2) is 2.80. The molecule has 0 saturated carbocycles. The highest BCUT2D eigenvalue weighted by Gasteiger charge is 2.16. The van der Waals surface area contributed by atoms with Crippen LogP contribution in [-0.4, -0.2) is 18.7 Å². The number of carbonyl (C=O) groups excluding carboxylic acids is 1. The van der Waals surface area contributed by atoms with Crippen LogP contribution in [0.15, 0.2) is 0 Å². The second-order valence-corrected chi connectivity index (χ2v) is 2.26. The van der Waals surface area contributed by atoms with Crippen molar-refractivity contribution in [2.45, 2.75) is 19.0 Å². The van der Waals surface area contributed by atoms with E-state index >= 15 is 0 Å². The quantitative estimate of drug-likeness (QED) is 0.380. The lowest BCUT2D eigenvalue weighted by molar-refractivity contribution is -0.141. The fraction of sp³-hybridized carbons (Fsp3) is 0.800. The molecule has 4 nitrogen and oxygen atoms in total. The molecular formula is C5H12N2O2. The lowest BCUT2D eigenvalue weighted by Crippen LogP contribution is -2.47. The lowest BCUT2D eigenvalue weighted by Gasteiger charge is -2.15. The molecule has 0 saturated heterocycles. The zero-order valence-corrected chi connectivity index (χ0v) is 5.68. The van der Waals surface area contributed by atoms with E-state index in [1.807, 2.05) is 0 Å². The van der Waals surface area contributed by atoms with Gasteiger partial charge in [-0.15, -0.1) is 0 Å². The minimum Gasteiger partial charge on any atom is -0.469 e. The monoisotopic (exact) mass is 132 g/mol. The van der Waals surface area contributed by atoms with E-state index in [0.717, 1.165) is 0 Å². The molecule has 0 fully saturated rings. The number of nitrogens with two attached hydrogens (primary N) is 2. The van der Waals surface area contributed by atoms with Gasteiger partial charge in [-0.05, 0) is 6.92 Å². The van der Waals surface area contributed by atoms with Crippen molar-refractivity contribution in [3.05, 3.63) is 0 Å². The van der Waals surface area contributed by atoms with Crippen LogP contribution in [-0.2, 0) is 9.53 Å². The van der Waals surface area contributed by atoms with Crippen molar-refractivity contribution in [3.63, 3.8) is 0 Å². The molecule has 4 N–H and O–H groups in total. The van der Waals surface area contributed by atoms with Crippen LogP contribution in [0, 0.1) is 0 Å². The maximum Gasteiger partial charge on any atom is 0.308 e. The van der Waals surface area contributed by atoms with Gasteiger partial charge in [-0.25, -0.2) is 0 Å². The Morgan fingerprint density at radius 2 is 2.11 bits per heavy atom. The molecule has 0 aromatic rings. The van der Waals surface area contributed by atoms with E-state index in [9.17, 15) is 4.79 Å². The van der Waals surface area contributed by atoms with Gasteiger partial charge in [0.1, 0.15) is 0 Å². The summed E-state index contributed by atoms with van der Waals surface area (Å²) in [5.74, 6) is -0.387. The lowest BCUT2D eigenvalue weighted by atomic mass is 10.1. The Morgan fingerprint density at radius 1 is 1.67 bits per heavy atom. The summed E-state index contributed by atoms with van der Waals surface area (Å²) in [6.07, 6.45) is 0.0451. The van der Waals surface area contributed by atoms with Crippen molar-refractivity contribution < 1.29 is 9.53 Å². The number of esters is 1. The standard InChI is InChI=1S/C5H12N2O2/c1-5(6,7)3-4(8)9-2/h3,6-7H2,1-2H3. The van der Waals surface area contributed by atoms with E-state index in [-0.39, 0.29) is 12.4 Å². The molecule has 0 spiro atoms. The molecule has 54 valence electrons. The van der Waals surface area contributed by atoms with Gasteiger partial charge in [0.2, 0.25) is 0 Å². The molecule has 0 aliphatic heterocycles. The minimum atomic E-state index is -0.951. The minimum absolute atomic E-state index is 0.0451. The van der Waals surface area contributed by atoms with Gasteiger partial charge in [-0.3, -0.25) is 4.79 Å². The van der Waals surface area contributed by atoms with Gasteiger partial charge in [-0.2, -0.15) is 0 Å². The number of hydrogen-bond acceptors (Lipinski definition) is 4. The van der Waals surface area contributed by atoms with Crippen molar-refractivity contribution >= 4 is 5.97 Å². The van der Waals surface area contributed by atoms with Crippen LogP contribution in [0.5, 0.6) is 0 Å². The summed E-state index contributed by atoms with van der Waals surface area (Å²) in [5.41, 5.74) is 9.63. The van der Waals surface area contributed by atoms with Crippen LogP contribution < -0.4 is 11.5 Å². The summed E-state index contributed by atoms with van der Waals surface area (Å²) >= 11 is 0. The average Bonchev–Trinajstić information content (AvgIpc) is 1.62. The van der Waals surface area contributed by atoms with Crippen LogP contribution in [0.2, 0.25) is 0 Å². The van der Waals surface area contributed by atoms with Gasteiger partial charge in [0.25, 0.3) is 0 Å². The van der Waals surface area contributed by atoms with Gasteiger partial charge >= 0.3 is 5.97 Å². The van der Waals surface area contributed by atoms with Gasteiger partial charge in [-0.1, -0.05) is 0 Å². The average molecular weight is 132 g/mol. The Labute approximate surface area is 54.2 Å². The first-order chi connectivity index (χ1) is 3.95. The number of hydrogen-bond donors (Lipinski definition) is 2. The zero-order valence-electron chi connectivity index (χ0n) is 5.68. The van der Waals surface area contributed by atoms with Crippen molar-refractivity contribution in [1.82, 2.24) is 0 Å². The van der Waals surface area contributed by atoms with E-state index in [1.165, 1.54) is 7.11 Å². The maximum absolute atomic E-state index is 10.4. The zero-order chi connectivity index (χ0) is 7.49. The Morgan fingerprint density at radius 3 is 2.22 bits per heavy atom. The highest BCUT2D eigenvalue weighted by Crippen LogP contribution is 1.96. The topological polar surface area (TPSA) is 78.3 Å². The predicted molar refractivity (Wildman–Crippen MR) is 33.4 cm³/mol. The third kappa shape index (κ3) is 5.26. The Bertz CT molecular complexity index is 106. The van der Waals surface area contributed by atoms with Gasteiger partial charge in [0, 0.05) is 0 Å². The third-order valence-corrected chi connectivity index (χ3v) is 0.753. The summed E-state index contributed by atoms with van der Waals surface area (Å²) in [6.45, 7) is 1.56. The van der Waals surface area contributed by atoms with Gasteiger partial charge in [0.15, 0.2) is 0 Å². The van der Waals surface area contributed by atoms with E-state index < -0.39 is 5.66 Å². The molecule has 0 bridgehead atoms. The first kappa shape index (κ1) is 8.39. The Balaban J connectivity index is 3.60. The van der Waals surface area contributed by atoms with E-state index in [2.05, 4.69) is 4.74 Å². The summed E-state index contributed by atoms with van der Waals surface area (Å²) in [7, 11) is 1.30. The molecule has 0 atom stereocenters. The van der Waals surface area contributed by atoms with E-state index in [1.54, 1.807) is 6.92 Å². The SMILES string of the molecule is COC(=O)CC(C)(N)N. The van der Waals surface area contributed by atoms with Crippen molar-refractivity contribution in [2.75, 3.05) is 7.11 Å². The molecule has 0 aromatic heterocycles. The van der Waals surface area contributed by atoms with Crippen LogP contribution in [0.3, 0.4) is 0 Å². The highest BCUT2D eigenvalue weighted by molar-refractivity contribution is 5.70. The number of ether oxygens (including phenoxy) is 1. The summed E-state index contributed by atoms with van der Waals surface area (Å²) < 4.78 is 4.33. The second-order valence-electron chi connectivity index (χ2n) is 2.26. The highest BCUT2D eigenvalue weighted by atomic mass is 16.5. The fourth-order valence-corrected chi connectivity index (χ4v) is 0.383. The van der Waals surface area contributed by atoms with Crippen LogP contribution >= 0.6 is 0 Å². The smallest absolute Gasteiger partial charge is 0.308 e. The molecule has 0 aromatic carbocycles. The number of rotatable bonds is 2. The molecule has 0 aliphatic rings. The first-order valence-corrected chi connectivity index (χ1v) is 2.60. The van der Waals surface area contributed by atoms with Gasteiger partial charge in [0.05, 0.1) is 19.2 Å². The molecule has 0 heterocycles. The maximum atomic E-state index is 10.4. The van der Waals surface area contributed by atoms with Crippen molar-refractivity contribution in [3.8, 4) is 0 Å². The molecule has 0 radical (unpaired) electrons. The molecule has 4 heteroatoms. The van der Waals surface area contributed by atoms with Crippen LogP contribution in [0.1, 0.15) is 13.3 Å². The van der Waals surface area contributed by atoms with Crippen LogP contribution in [0.25, 0.3) is 0 Å². The summed E-state index contributed by atoms with van der Waals surface area (Å²) in [4.78, 5) is 10.4. The molecule has 0 aliphatic carbocycles. The molecule has 0 amide bonds. The molecule has 0 unspecified atom stereocenters. The summed E-state index contributed by atoms with van der Waals surface area (Å²) in [5, 5.41) is 0.